The number of carbonyl (C=O) groups is 2. The molecule has 1 aliphatic heterocycles. The Bertz CT molecular complexity index is 658. The standard InChI is InChI=1S/C13H10IN3O2/c1-8-6-11(15-16(8)7-14)17-12(18)9-4-2-3-5-10(9)13(17)19/h2-6H,7H2,1H3. The summed E-state index contributed by atoms with van der Waals surface area (Å²) in [7, 11) is 0. The van der Waals surface area contributed by atoms with Crippen LogP contribution >= 0.6 is 22.6 Å². The second-order valence-corrected chi connectivity index (χ2v) is 4.94. The lowest BCUT2D eigenvalue weighted by Gasteiger charge is -2.09. The van der Waals surface area contributed by atoms with Crippen molar-refractivity contribution in [3.63, 3.8) is 0 Å². The van der Waals surface area contributed by atoms with Crippen LogP contribution in [-0.4, -0.2) is 21.6 Å². The van der Waals surface area contributed by atoms with E-state index >= 15 is 0 Å². The minimum absolute atomic E-state index is 0.307. The molecule has 2 heterocycles. The van der Waals surface area contributed by atoms with E-state index < -0.39 is 0 Å². The third-order valence-corrected chi connectivity index (χ3v) is 3.75. The van der Waals surface area contributed by atoms with Gasteiger partial charge in [0.15, 0.2) is 5.82 Å². The van der Waals surface area contributed by atoms with E-state index in [1.54, 1.807) is 35.0 Å². The maximum atomic E-state index is 12.3. The quantitative estimate of drug-likeness (QED) is 0.465. The molecule has 2 aromatic rings. The smallest absolute Gasteiger partial charge is 0.267 e. The van der Waals surface area contributed by atoms with Crippen LogP contribution in [0, 0.1) is 6.92 Å². The summed E-state index contributed by atoms with van der Waals surface area (Å²) in [4.78, 5) is 25.7. The first-order valence-electron chi connectivity index (χ1n) is 5.71. The van der Waals surface area contributed by atoms with Crippen molar-refractivity contribution in [1.29, 1.82) is 0 Å². The fourth-order valence-corrected chi connectivity index (χ4v) is 2.81. The number of amides is 2. The third-order valence-electron chi connectivity index (χ3n) is 3.10. The molecule has 2 amide bonds. The molecule has 0 N–H and O–H groups in total. The van der Waals surface area contributed by atoms with Crippen LogP contribution < -0.4 is 4.90 Å². The van der Waals surface area contributed by atoms with Crippen molar-refractivity contribution < 1.29 is 9.59 Å². The molecular weight excluding hydrogens is 357 g/mol. The van der Waals surface area contributed by atoms with Crippen molar-refractivity contribution in [3.05, 3.63) is 47.2 Å². The van der Waals surface area contributed by atoms with Gasteiger partial charge in [-0.3, -0.25) is 14.3 Å². The Morgan fingerprint density at radius 3 is 2.21 bits per heavy atom. The Morgan fingerprint density at radius 1 is 1.16 bits per heavy atom. The zero-order valence-corrected chi connectivity index (χ0v) is 12.3. The number of alkyl halides is 1. The fraction of sp³-hybridized carbons (Fsp3) is 0.154. The SMILES string of the molecule is Cc1cc(N2C(=O)c3ccccc3C2=O)nn1CI. The van der Waals surface area contributed by atoms with Gasteiger partial charge in [0.2, 0.25) is 0 Å². The van der Waals surface area contributed by atoms with Crippen LogP contribution in [0.3, 0.4) is 0 Å². The molecule has 0 fully saturated rings. The molecular formula is C13H10IN3O2. The number of fused-ring (bicyclic) bond motifs is 1. The minimum atomic E-state index is -0.307. The summed E-state index contributed by atoms with van der Waals surface area (Å²) >= 11 is 2.18. The molecule has 0 bridgehead atoms. The van der Waals surface area contributed by atoms with Crippen LogP contribution in [0.1, 0.15) is 26.4 Å². The number of halogens is 1. The summed E-state index contributed by atoms with van der Waals surface area (Å²) in [6.45, 7) is 1.90. The maximum Gasteiger partial charge on any atom is 0.267 e. The molecule has 3 rings (SSSR count). The molecule has 6 heteroatoms. The van der Waals surface area contributed by atoms with Gasteiger partial charge in [-0.2, -0.15) is 5.10 Å². The lowest BCUT2D eigenvalue weighted by Crippen LogP contribution is -2.29. The highest BCUT2D eigenvalue weighted by Crippen LogP contribution is 2.27. The molecule has 0 saturated heterocycles. The summed E-state index contributed by atoms with van der Waals surface area (Å²) in [5, 5.41) is 4.29. The molecule has 5 nitrogen and oxygen atoms in total. The van der Waals surface area contributed by atoms with E-state index in [1.807, 2.05) is 6.92 Å². The molecule has 1 aliphatic rings. The molecule has 0 spiro atoms. The van der Waals surface area contributed by atoms with E-state index in [0.29, 0.717) is 21.5 Å². The second-order valence-electron chi connectivity index (χ2n) is 4.25. The average molecular weight is 367 g/mol. The van der Waals surface area contributed by atoms with Crippen molar-refractivity contribution in [3.8, 4) is 0 Å². The van der Waals surface area contributed by atoms with E-state index in [0.717, 1.165) is 10.6 Å². The van der Waals surface area contributed by atoms with Crippen molar-refractivity contribution >= 4 is 40.2 Å². The number of hydrogen-bond donors (Lipinski definition) is 0. The Balaban J connectivity index is 2.08. The number of carbonyl (C=O) groups excluding carboxylic acids is 2. The van der Waals surface area contributed by atoms with E-state index in [1.165, 1.54) is 0 Å². The highest BCUT2D eigenvalue weighted by Gasteiger charge is 2.37. The van der Waals surface area contributed by atoms with Gasteiger partial charge in [0, 0.05) is 11.8 Å². The van der Waals surface area contributed by atoms with Gasteiger partial charge in [0.1, 0.15) is 0 Å². The maximum absolute atomic E-state index is 12.3. The first kappa shape index (κ1) is 12.3. The lowest BCUT2D eigenvalue weighted by molar-refractivity contribution is 0.0925. The van der Waals surface area contributed by atoms with Gasteiger partial charge in [-0.15, -0.1) is 0 Å². The van der Waals surface area contributed by atoms with Crippen LogP contribution in [0.2, 0.25) is 0 Å². The Hall–Kier alpha value is -1.70. The van der Waals surface area contributed by atoms with Crippen LogP contribution in [0.15, 0.2) is 30.3 Å². The molecule has 0 aliphatic carbocycles. The van der Waals surface area contributed by atoms with E-state index in [2.05, 4.69) is 27.7 Å². The van der Waals surface area contributed by atoms with Crippen molar-refractivity contribution in [2.24, 2.45) is 0 Å². The summed E-state index contributed by atoms with van der Waals surface area (Å²) < 4.78 is 2.42. The number of rotatable bonds is 2. The van der Waals surface area contributed by atoms with Crippen LogP contribution in [0.25, 0.3) is 0 Å². The van der Waals surface area contributed by atoms with E-state index in [4.69, 9.17) is 0 Å². The van der Waals surface area contributed by atoms with Crippen LogP contribution in [0.4, 0.5) is 5.82 Å². The van der Waals surface area contributed by atoms with Gasteiger partial charge in [-0.05, 0) is 19.1 Å². The molecule has 1 aromatic carbocycles. The summed E-state index contributed by atoms with van der Waals surface area (Å²) in [5.74, 6) is -0.224. The number of benzene rings is 1. The predicted octanol–water partition coefficient (Wildman–Crippen LogP) is 2.38. The summed E-state index contributed by atoms with van der Waals surface area (Å²) in [6, 6.07) is 8.58. The molecule has 19 heavy (non-hydrogen) atoms. The highest BCUT2D eigenvalue weighted by atomic mass is 127. The van der Waals surface area contributed by atoms with Gasteiger partial charge in [0.25, 0.3) is 11.8 Å². The van der Waals surface area contributed by atoms with Gasteiger partial charge in [-0.25, -0.2) is 4.90 Å². The number of imide groups is 1. The molecule has 0 radical (unpaired) electrons. The van der Waals surface area contributed by atoms with Gasteiger partial charge in [-0.1, -0.05) is 34.7 Å². The monoisotopic (exact) mass is 367 g/mol. The Kier molecular flexibility index (Phi) is 2.89. The topological polar surface area (TPSA) is 55.2 Å². The minimum Gasteiger partial charge on any atom is -0.268 e. The third kappa shape index (κ3) is 1.78. The number of aryl methyl sites for hydroxylation is 1. The van der Waals surface area contributed by atoms with Gasteiger partial charge < -0.3 is 0 Å². The van der Waals surface area contributed by atoms with Crippen molar-refractivity contribution in [1.82, 2.24) is 9.78 Å². The number of anilines is 1. The number of hydrogen-bond acceptors (Lipinski definition) is 3. The highest BCUT2D eigenvalue weighted by molar-refractivity contribution is 14.1. The van der Waals surface area contributed by atoms with Gasteiger partial charge in [0.05, 0.1) is 15.7 Å². The van der Waals surface area contributed by atoms with Crippen molar-refractivity contribution in [2.75, 3.05) is 4.90 Å². The molecule has 96 valence electrons. The summed E-state index contributed by atoms with van der Waals surface area (Å²) in [6.07, 6.45) is 0. The lowest BCUT2D eigenvalue weighted by atomic mass is 10.1. The predicted molar refractivity (Wildman–Crippen MR) is 78.6 cm³/mol. The van der Waals surface area contributed by atoms with E-state index in [9.17, 15) is 9.59 Å². The Morgan fingerprint density at radius 2 is 1.74 bits per heavy atom. The number of aromatic nitrogens is 2. The van der Waals surface area contributed by atoms with Crippen molar-refractivity contribution in [2.45, 2.75) is 11.5 Å². The molecule has 0 atom stereocenters. The first-order chi connectivity index (χ1) is 9.13. The largest absolute Gasteiger partial charge is 0.268 e. The molecule has 0 saturated carbocycles. The molecule has 0 unspecified atom stereocenters. The zero-order chi connectivity index (χ0) is 13.6. The summed E-state index contributed by atoms with van der Waals surface area (Å²) in [5.41, 5.74) is 1.80. The van der Waals surface area contributed by atoms with Crippen LogP contribution in [-0.2, 0) is 4.55 Å². The number of nitrogens with zero attached hydrogens (tertiary/aromatic N) is 3. The normalized spacial score (nSPS) is 14.1. The first-order valence-corrected chi connectivity index (χ1v) is 7.24. The zero-order valence-electron chi connectivity index (χ0n) is 10.1. The fourth-order valence-electron chi connectivity index (χ4n) is 2.12. The molecule has 1 aromatic heterocycles. The Labute approximate surface area is 123 Å². The van der Waals surface area contributed by atoms with Gasteiger partial charge >= 0.3 is 0 Å². The van der Waals surface area contributed by atoms with E-state index in [-0.39, 0.29) is 11.8 Å². The van der Waals surface area contributed by atoms with Crippen LogP contribution in [0.5, 0.6) is 0 Å². The average Bonchev–Trinajstić information content (AvgIpc) is 2.90. The second kappa shape index (κ2) is 4.44.